The standard InChI is InChI=1S/C30H33N5O6S/c1-33-14-16-35(17-15-33)18-19-41-34(2)42(39,40)26-11-7-6-10-24(26)31-28(21-8-4-3-5-9-21)27-23-13-12-22(30(37)38)20-25(23)32-29(27)36/h3-13,20,32,36H,14-19H2,1-2H3,(H,37,38). The number of benzene rings is 3. The van der Waals surface area contributed by atoms with Gasteiger partial charge < -0.3 is 20.1 Å². The number of nitrogens with zero attached hydrogens (tertiary/aromatic N) is 4. The molecule has 1 saturated heterocycles. The monoisotopic (exact) mass is 591 g/mol. The molecule has 0 bridgehead atoms. The molecule has 1 aliphatic rings. The summed E-state index contributed by atoms with van der Waals surface area (Å²) < 4.78 is 28.2. The number of aromatic nitrogens is 1. The minimum Gasteiger partial charge on any atom is -0.494 e. The number of carboxylic acids is 1. The summed E-state index contributed by atoms with van der Waals surface area (Å²) in [5, 5.41) is 20.9. The van der Waals surface area contributed by atoms with E-state index in [0.717, 1.165) is 30.6 Å². The van der Waals surface area contributed by atoms with E-state index in [0.29, 0.717) is 34.3 Å². The highest BCUT2D eigenvalue weighted by Crippen LogP contribution is 2.34. The zero-order valence-electron chi connectivity index (χ0n) is 23.4. The van der Waals surface area contributed by atoms with Crippen LogP contribution in [0.1, 0.15) is 21.5 Å². The van der Waals surface area contributed by atoms with Gasteiger partial charge in [0, 0.05) is 56.2 Å². The van der Waals surface area contributed by atoms with E-state index >= 15 is 0 Å². The van der Waals surface area contributed by atoms with Crippen molar-refractivity contribution in [3.05, 3.63) is 89.5 Å². The first kappa shape index (κ1) is 29.4. The topological polar surface area (TPSA) is 139 Å². The number of aromatic amines is 1. The molecule has 0 unspecified atom stereocenters. The highest BCUT2D eigenvalue weighted by atomic mass is 32.2. The number of likely N-dealkylation sites (N-methyl/N-ethyl adjacent to an activating group) is 1. The molecule has 5 rings (SSSR count). The molecule has 220 valence electrons. The fourth-order valence-electron chi connectivity index (χ4n) is 4.88. The number of fused-ring (bicyclic) bond motifs is 1. The number of hydroxylamine groups is 1. The summed E-state index contributed by atoms with van der Waals surface area (Å²) in [5.74, 6) is -1.32. The van der Waals surface area contributed by atoms with E-state index < -0.39 is 16.0 Å². The number of H-pyrrole nitrogens is 1. The van der Waals surface area contributed by atoms with Gasteiger partial charge in [-0.05, 0) is 31.3 Å². The number of aromatic carboxylic acids is 1. The van der Waals surface area contributed by atoms with Gasteiger partial charge in [-0.2, -0.15) is 0 Å². The van der Waals surface area contributed by atoms with E-state index in [-0.39, 0.29) is 28.6 Å². The van der Waals surface area contributed by atoms with Gasteiger partial charge in [0.2, 0.25) is 0 Å². The highest BCUT2D eigenvalue weighted by molar-refractivity contribution is 7.89. The van der Waals surface area contributed by atoms with Crippen LogP contribution >= 0.6 is 0 Å². The fourth-order valence-corrected chi connectivity index (χ4v) is 6.00. The van der Waals surface area contributed by atoms with Crippen LogP contribution in [0.2, 0.25) is 0 Å². The first-order valence-electron chi connectivity index (χ1n) is 13.5. The van der Waals surface area contributed by atoms with E-state index in [1.165, 1.54) is 25.2 Å². The maximum absolute atomic E-state index is 13.7. The Hall–Kier alpha value is -4.07. The van der Waals surface area contributed by atoms with Crippen molar-refractivity contribution in [3.63, 3.8) is 0 Å². The number of hydrogen-bond acceptors (Lipinski definition) is 8. The second-order valence-corrected chi connectivity index (χ2v) is 12.0. The second-order valence-electron chi connectivity index (χ2n) is 10.1. The van der Waals surface area contributed by atoms with Crippen molar-refractivity contribution in [2.45, 2.75) is 4.90 Å². The lowest BCUT2D eigenvalue weighted by Gasteiger charge is -2.32. The van der Waals surface area contributed by atoms with Crippen molar-refractivity contribution in [1.82, 2.24) is 19.3 Å². The Morgan fingerprint density at radius 3 is 2.40 bits per heavy atom. The quantitative estimate of drug-likeness (QED) is 0.188. The first-order chi connectivity index (χ1) is 20.1. The minimum atomic E-state index is -4.10. The van der Waals surface area contributed by atoms with Crippen LogP contribution in [0.3, 0.4) is 0 Å². The Balaban J connectivity index is 1.50. The third kappa shape index (κ3) is 6.22. The summed E-state index contributed by atoms with van der Waals surface area (Å²) in [5.41, 5.74) is 1.86. The van der Waals surface area contributed by atoms with Crippen molar-refractivity contribution < 1.29 is 28.3 Å². The Labute approximate surface area is 244 Å². The number of aromatic hydroxyl groups is 1. The van der Waals surface area contributed by atoms with E-state index in [9.17, 15) is 23.4 Å². The first-order valence-corrected chi connectivity index (χ1v) is 14.9. The Morgan fingerprint density at radius 2 is 1.69 bits per heavy atom. The molecular weight excluding hydrogens is 558 g/mol. The lowest BCUT2D eigenvalue weighted by molar-refractivity contribution is -0.0735. The Morgan fingerprint density at radius 1 is 1.00 bits per heavy atom. The number of para-hydroxylation sites is 1. The summed E-state index contributed by atoms with van der Waals surface area (Å²) in [6, 6.07) is 19.9. The maximum atomic E-state index is 13.7. The van der Waals surface area contributed by atoms with Gasteiger partial charge >= 0.3 is 5.97 Å². The Kier molecular flexibility index (Phi) is 8.71. The number of hydrogen-bond donors (Lipinski definition) is 3. The number of aliphatic imine (C=N–C) groups is 1. The molecule has 2 heterocycles. The summed E-state index contributed by atoms with van der Waals surface area (Å²) in [7, 11) is -0.664. The van der Waals surface area contributed by atoms with Crippen LogP contribution in [-0.2, 0) is 14.9 Å². The molecule has 0 amide bonds. The highest BCUT2D eigenvalue weighted by Gasteiger charge is 2.27. The van der Waals surface area contributed by atoms with Gasteiger partial charge in [-0.3, -0.25) is 9.74 Å². The molecule has 11 nitrogen and oxygen atoms in total. The predicted octanol–water partition coefficient (Wildman–Crippen LogP) is 3.54. The van der Waals surface area contributed by atoms with Crippen molar-refractivity contribution in [2.75, 3.05) is 53.4 Å². The number of sulfonamides is 1. The summed E-state index contributed by atoms with van der Waals surface area (Å²) in [6.07, 6.45) is 0. The number of carboxylic acid groups (broad SMARTS) is 1. The van der Waals surface area contributed by atoms with Gasteiger partial charge in [-0.1, -0.05) is 53.0 Å². The molecule has 1 aromatic heterocycles. The van der Waals surface area contributed by atoms with E-state index in [1.54, 1.807) is 36.4 Å². The molecule has 0 aliphatic carbocycles. The van der Waals surface area contributed by atoms with Crippen LogP contribution in [0.4, 0.5) is 5.69 Å². The van der Waals surface area contributed by atoms with Crippen LogP contribution in [0.15, 0.2) is 82.7 Å². The zero-order valence-corrected chi connectivity index (χ0v) is 24.2. The van der Waals surface area contributed by atoms with Crippen LogP contribution < -0.4 is 0 Å². The molecular formula is C30H33N5O6S. The van der Waals surface area contributed by atoms with Crippen molar-refractivity contribution in [3.8, 4) is 5.88 Å². The van der Waals surface area contributed by atoms with Crippen LogP contribution in [0.5, 0.6) is 5.88 Å². The predicted molar refractivity (Wildman–Crippen MR) is 160 cm³/mol. The number of piperazine rings is 1. The molecule has 1 fully saturated rings. The van der Waals surface area contributed by atoms with Crippen molar-refractivity contribution in [1.29, 1.82) is 0 Å². The van der Waals surface area contributed by atoms with Crippen molar-refractivity contribution in [2.24, 2.45) is 4.99 Å². The van der Waals surface area contributed by atoms with Gasteiger partial charge in [0.05, 0.1) is 29.1 Å². The fraction of sp³-hybridized carbons (Fsp3) is 0.267. The second kappa shape index (κ2) is 12.4. The summed E-state index contributed by atoms with van der Waals surface area (Å²) >= 11 is 0. The lowest BCUT2D eigenvalue weighted by atomic mass is 10.00. The van der Waals surface area contributed by atoms with Crippen LogP contribution in [0, 0.1) is 0 Å². The molecule has 0 atom stereocenters. The SMILES string of the molecule is CN1CCN(CCON(C)S(=O)(=O)c2ccccc2N=C(c2ccccc2)c2c(O)[nH]c3cc(C(=O)O)ccc23)CC1. The molecule has 0 radical (unpaired) electrons. The van der Waals surface area contributed by atoms with Gasteiger partial charge in [0.1, 0.15) is 4.90 Å². The van der Waals surface area contributed by atoms with Gasteiger partial charge in [-0.25, -0.2) is 18.2 Å². The zero-order chi connectivity index (χ0) is 29.9. The summed E-state index contributed by atoms with van der Waals surface area (Å²) in [6.45, 7) is 4.52. The van der Waals surface area contributed by atoms with Gasteiger partial charge in [-0.15, -0.1) is 0 Å². The van der Waals surface area contributed by atoms with Gasteiger partial charge in [0.15, 0.2) is 5.88 Å². The maximum Gasteiger partial charge on any atom is 0.335 e. The average molecular weight is 592 g/mol. The minimum absolute atomic E-state index is 0.0561. The smallest absolute Gasteiger partial charge is 0.335 e. The third-order valence-corrected chi connectivity index (χ3v) is 8.98. The normalized spacial score (nSPS) is 15.5. The van der Waals surface area contributed by atoms with Crippen LogP contribution in [-0.4, -0.2) is 103 Å². The van der Waals surface area contributed by atoms with Crippen molar-refractivity contribution >= 4 is 38.3 Å². The summed E-state index contributed by atoms with van der Waals surface area (Å²) in [4.78, 5) is 29.2. The molecule has 0 saturated carbocycles. The molecule has 3 aromatic carbocycles. The molecule has 0 spiro atoms. The number of rotatable bonds is 10. The number of nitrogens with one attached hydrogen (secondary N) is 1. The third-order valence-electron chi connectivity index (χ3n) is 7.30. The molecule has 42 heavy (non-hydrogen) atoms. The van der Waals surface area contributed by atoms with Crippen LogP contribution in [0.25, 0.3) is 10.9 Å². The van der Waals surface area contributed by atoms with Gasteiger partial charge in [0.25, 0.3) is 10.0 Å². The lowest BCUT2D eigenvalue weighted by Crippen LogP contribution is -2.46. The molecule has 3 N–H and O–H groups in total. The Bertz CT molecular complexity index is 1710. The van der Waals surface area contributed by atoms with E-state index in [4.69, 9.17) is 9.83 Å². The van der Waals surface area contributed by atoms with E-state index in [1.807, 2.05) is 18.2 Å². The number of carbonyl (C=O) groups is 1. The molecule has 1 aliphatic heterocycles. The average Bonchev–Trinajstić information content (AvgIpc) is 3.32. The molecule has 4 aromatic rings. The molecule has 12 heteroatoms. The largest absolute Gasteiger partial charge is 0.494 e. The van der Waals surface area contributed by atoms with E-state index in [2.05, 4.69) is 21.8 Å².